The summed E-state index contributed by atoms with van der Waals surface area (Å²) in [5.41, 5.74) is -0.361. The van der Waals surface area contributed by atoms with E-state index in [1.54, 1.807) is 0 Å². The van der Waals surface area contributed by atoms with Gasteiger partial charge in [0.1, 0.15) is 12.7 Å². The van der Waals surface area contributed by atoms with Gasteiger partial charge in [-0.3, -0.25) is 9.69 Å². The summed E-state index contributed by atoms with van der Waals surface area (Å²) in [4.78, 5) is 27.7. The summed E-state index contributed by atoms with van der Waals surface area (Å²) in [5, 5.41) is 0. The zero-order chi connectivity index (χ0) is 23.9. The Bertz CT molecular complexity index is 738. The molecule has 1 aromatic heterocycles. The van der Waals surface area contributed by atoms with Crippen molar-refractivity contribution in [2.24, 2.45) is 0 Å². The Balaban J connectivity index is 2.13. The summed E-state index contributed by atoms with van der Waals surface area (Å²) < 4.78 is 30.5. The fourth-order valence-corrected chi connectivity index (χ4v) is 4.19. The van der Waals surface area contributed by atoms with Gasteiger partial charge < -0.3 is 23.8 Å². The maximum absolute atomic E-state index is 12.3. The molecule has 0 unspecified atom stereocenters. The van der Waals surface area contributed by atoms with Gasteiger partial charge in [0.15, 0.2) is 6.61 Å². The average molecular weight is 473 g/mol. The molecule has 0 aromatic carbocycles. The van der Waals surface area contributed by atoms with Gasteiger partial charge in [0.25, 0.3) is 5.88 Å². The fourth-order valence-electron chi connectivity index (χ4n) is 3.67. The lowest BCUT2D eigenvalue weighted by atomic mass is 9.95. The van der Waals surface area contributed by atoms with Gasteiger partial charge in [-0.05, 0) is 41.5 Å². The van der Waals surface area contributed by atoms with Crippen molar-refractivity contribution < 1.29 is 28.5 Å². The molecule has 0 radical (unpaired) electrons. The van der Waals surface area contributed by atoms with Crippen LogP contribution in [0.15, 0.2) is 0 Å². The second-order valence-electron chi connectivity index (χ2n) is 9.65. The van der Waals surface area contributed by atoms with Crippen LogP contribution in [0.1, 0.15) is 48.5 Å². The Morgan fingerprint density at radius 2 is 1.75 bits per heavy atom. The number of carbonyl (C=O) groups is 2. The number of anilines is 1. The number of hydrogen-bond donors (Lipinski definition) is 0. The molecule has 0 aliphatic carbocycles. The predicted octanol–water partition coefficient (Wildman–Crippen LogP) is 2.13. The number of carbonyl (C=O) groups excluding carboxylic acids is 2. The Morgan fingerprint density at radius 1 is 1.12 bits per heavy atom. The molecule has 2 heterocycles. The molecule has 182 valence electrons. The first kappa shape index (κ1) is 26.3. The number of morpholine rings is 1. The highest BCUT2D eigenvalue weighted by atomic mass is 32.1. The van der Waals surface area contributed by atoms with E-state index < -0.39 is 24.6 Å². The molecule has 0 N–H and O–H groups in total. The van der Waals surface area contributed by atoms with Crippen molar-refractivity contribution >= 4 is 29.5 Å². The monoisotopic (exact) mass is 472 g/mol. The number of aromatic nitrogens is 2. The van der Waals surface area contributed by atoms with Crippen LogP contribution in [-0.4, -0.2) is 88.8 Å². The molecule has 0 amide bonds. The first-order valence-corrected chi connectivity index (χ1v) is 11.5. The number of rotatable bonds is 9. The molecule has 1 atom stereocenters. The number of esters is 2. The van der Waals surface area contributed by atoms with E-state index in [4.69, 9.17) is 18.9 Å². The molecule has 1 fully saturated rings. The third-order valence-electron chi connectivity index (χ3n) is 4.86. The molecule has 1 aliphatic heterocycles. The minimum Gasteiger partial charge on any atom is -0.470 e. The Labute approximate surface area is 194 Å². The highest BCUT2D eigenvalue weighted by molar-refractivity contribution is 6.99. The van der Waals surface area contributed by atoms with E-state index in [1.165, 1.54) is 6.92 Å². The van der Waals surface area contributed by atoms with E-state index in [1.807, 2.05) is 0 Å². The second-order valence-corrected chi connectivity index (χ2v) is 10.2. The Morgan fingerprint density at radius 3 is 2.31 bits per heavy atom. The molecule has 2 rings (SSSR count). The molecule has 32 heavy (non-hydrogen) atoms. The fraction of sp³-hybridized carbons (Fsp3) is 0.810. The van der Waals surface area contributed by atoms with E-state index in [9.17, 15) is 9.59 Å². The van der Waals surface area contributed by atoms with Gasteiger partial charge in [-0.1, -0.05) is 0 Å². The highest BCUT2D eigenvalue weighted by Crippen LogP contribution is 2.28. The van der Waals surface area contributed by atoms with E-state index >= 15 is 0 Å². The summed E-state index contributed by atoms with van der Waals surface area (Å²) in [5.74, 6) is -0.0753. The SMILES string of the molecule is CC(=O)OCC(=O)O[C@H](COc1nsnc1N1CCOCC1)CN(C(C)(C)C)C(C)(C)C. The van der Waals surface area contributed by atoms with Crippen molar-refractivity contribution in [3.8, 4) is 5.88 Å². The minimum atomic E-state index is -0.624. The van der Waals surface area contributed by atoms with Gasteiger partial charge in [-0.25, -0.2) is 4.79 Å². The Kier molecular flexibility index (Phi) is 9.23. The van der Waals surface area contributed by atoms with Crippen LogP contribution in [0.2, 0.25) is 0 Å². The smallest absolute Gasteiger partial charge is 0.344 e. The Hall–Kier alpha value is -1.98. The van der Waals surface area contributed by atoms with Crippen molar-refractivity contribution in [1.29, 1.82) is 0 Å². The lowest BCUT2D eigenvalue weighted by Gasteiger charge is -2.46. The van der Waals surface area contributed by atoms with Crippen LogP contribution in [-0.2, 0) is 23.8 Å². The normalized spacial score (nSPS) is 16.1. The molecular weight excluding hydrogens is 436 g/mol. The molecule has 0 spiro atoms. The lowest BCUT2D eigenvalue weighted by molar-refractivity contribution is -0.164. The first-order chi connectivity index (χ1) is 14.9. The maximum Gasteiger partial charge on any atom is 0.344 e. The van der Waals surface area contributed by atoms with Crippen LogP contribution < -0.4 is 9.64 Å². The van der Waals surface area contributed by atoms with Gasteiger partial charge in [0.05, 0.1) is 24.9 Å². The second kappa shape index (κ2) is 11.2. The van der Waals surface area contributed by atoms with E-state index in [0.29, 0.717) is 44.5 Å². The third kappa shape index (κ3) is 8.18. The quantitative estimate of drug-likeness (QED) is 0.497. The van der Waals surface area contributed by atoms with Gasteiger partial charge in [0, 0.05) is 37.6 Å². The predicted molar refractivity (Wildman–Crippen MR) is 121 cm³/mol. The summed E-state index contributed by atoms with van der Waals surface area (Å²) >= 11 is 1.08. The number of ether oxygens (including phenoxy) is 4. The van der Waals surface area contributed by atoms with Gasteiger partial charge in [-0.2, -0.15) is 4.37 Å². The van der Waals surface area contributed by atoms with Gasteiger partial charge in [-0.15, -0.1) is 4.37 Å². The third-order valence-corrected chi connectivity index (χ3v) is 5.36. The van der Waals surface area contributed by atoms with Crippen LogP contribution in [0.3, 0.4) is 0 Å². The van der Waals surface area contributed by atoms with Gasteiger partial charge >= 0.3 is 11.9 Å². The standard InChI is InChI=1S/C21H36N4O6S/c1-15(26)29-14-17(27)31-16(12-25(20(2,3)4)21(5,6)7)13-30-19-18(22-32-23-19)24-8-10-28-11-9-24/h16H,8-14H2,1-7H3/t16-/m0/s1. The molecular formula is C21H36N4O6S. The number of hydrogen-bond acceptors (Lipinski definition) is 11. The molecule has 0 saturated carbocycles. The molecule has 11 heteroatoms. The van der Waals surface area contributed by atoms with Crippen molar-refractivity contribution in [2.75, 3.05) is 51.0 Å². The largest absolute Gasteiger partial charge is 0.470 e. The summed E-state index contributed by atoms with van der Waals surface area (Å²) in [7, 11) is 0. The van der Waals surface area contributed by atoms with Crippen LogP contribution in [0.5, 0.6) is 5.88 Å². The van der Waals surface area contributed by atoms with Crippen LogP contribution in [0.4, 0.5) is 5.82 Å². The summed E-state index contributed by atoms with van der Waals surface area (Å²) in [6, 6.07) is 0. The number of nitrogens with zero attached hydrogens (tertiary/aromatic N) is 4. The van der Waals surface area contributed by atoms with Crippen molar-refractivity contribution in [3.05, 3.63) is 0 Å². The molecule has 0 bridgehead atoms. The molecule has 1 saturated heterocycles. The van der Waals surface area contributed by atoms with Crippen LogP contribution in [0.25, 0.3) is 0 Å². The summed E-state index contributed by atoms with van der Waals surface area (Å²) in [6.45, 7) is 16.7. The van der Waals surface area contributed by atoms with E-state index in [2.05, 4.69) is 60.1 Å². The molecule has 1 aromatic rings. The zero-order valence-electron chi connectivity index (χ0n) is 20.2. The minimum absolute atomic E-state index is 0.0945. The van der Waals surface area contributed by atoms with E-state index in [-0.39, 0.29) is 17.7 Å². The topological polar surface area (TPSA) is 103 Å². The van der Waals surface area contributed by atoms with Crippen molar-refractivity contribution in [1.82, 2.24) is 13.6 Å². The van der Waals surface area contributed by atoms with E-state index in [0.717, 1.165) is 11.7 Å². The first-order valence-electron chi connectivity index (χ1n) is 10.8. The van der Waals surface area contributed by atoms with Crippen LogP contribution in [0, 0.1) is 0 Å². The molecule has 10 nitrogen and oxygen atoms in total. The molecule has 1 aliphatic rings. The summed E-state index contributed by atoms with van der Waals surface area (Å²) in [6.07, 6.45) is -0.601. The zero-order valence-corrected chi connectivity index (χ0v) is 21.0. The average Bonchev–Trinajstić information content (AvgIpc) is 3.15. The van der Waals surface area contributed by atoms with Gasteiger partial charge in [0.2, 0.25) is 5.82 Å². The van der Waals surface area contributed by atoms with Crippen molar-refractivity contribution in [3.63, 3.8) is 0 Å². The lowest BCUT2D eigenvalue weighted by Crippen LogP contribution is -2.56. The van der Waals surface area contributed by atoms with Crippen molar-refractivity contribution in [2.45, 2.75) is 65.6 Å². The maximum atomic E-state index is 12.3. The van der Waals surface area contributed by atoms with Crippen LogP contribution >= 0.6 is 11.7 Å². The highest BCUT2D eigenvalue weighted by Gasteiger charge is 2.35.